The Balaban J connectivity index is 2.42. The zero-order valence-corrected chi connectivity index (χ0v) is 16.1. The van der Waals surface area contributed by atoms with E-state index in [0.29, 0.717) is 10.0 Å². The van der Waals surface area contributed by atoms with Gasteiger partial charge in [-0.25, -0.2) is 20.2 Å². The summed E-state index contributed by atoms with van der Waals surface area (Å²) in [5.74, 6) is 0. The van der Waals surface area contributed by atoms with Crippen LogP contribution in [0.5, 0.6) is 0 Å². The van der Waals surface area contributed by atoms with Crippen LogP contribution >= 0.6 is 23.2 Å². The fraction of sp³-hybridized carbons (Fsp3) is 0.143. The lowest BCUT2D eigenvalue weighted by Crippen LogP contribution is -2.41. The highest BCUT2D eigenvalue weighted by atomic mass is 35.5. The van der Waals surface area contributed by atoms with Crippen molar-refractivity contribution in [3.63, 3.8) is 0 Å². The Bertz CT molecular complexity index is 954. The van der Waals surface area contributed by atoms with Crippen LogP contribution in [0.15, 0.2) is 36.4 Å². The van der Waals surface area contributed by atoms with Crippen LogP contribution in [-0.4, -0.2) is 33.0 Å². The van der Waals surface area contributed by atoms with E-state index in [1.54, 1.807) is 0 Å². The van der Waals surface area contributed by atoms with Crippen LogP contribution in [0, 0.1) is 40.5 Å². The number of nitro groups is 4. The third-order valence-corrected chi connectivity index (χ3v) is 4.21. The highest BCUT2D eigenvalue weighted by Gasteiger charge is 2.32. The molecule has 2 rings (SSSR count). The number of nitrogens with zero attached hydrogens (tertiary/aromatic N) is 6. The monoisotopic (exact) mass is 460 g/mol. The summed E-state index contributed by atoms with van der Waals surface area (Å²) >= 11 is 11.4. The van der Waals surface area contributed by atoms with Crippen LogP contribution in [0.3, 0.4) is 0 Å². The van der Waals surface area contributed by atoms with E-state index in [9.17, 15) is 40.5 Å². The molecule has 16 heteroatoms. The van der Waals surface area contributed by atoms with Crippen LogP contribution in [0.4, 0.5) is 22.7 Å². The van der Waals surface area contributed by atoms with E-state index in [1.165, 1.54) is 12.1 Å². The van der Waals surface area contributed by atoms with Gasteiger partial charge in [-0.1, -0.05) is 33.2 Å². The van der Waals surface area contributed by atoms with Gasteiger partial charge in [0, 0.05) is 22.2 Å². The minimum absolute atomic E-state index is 0.0440. The first-order chi connectivity index (χ1) is 14.0. The molecule has 0 unspecified atom stereocenters. The Morgan fingerprint density at radius 2 is 1.00 bits per heavy atom. The maximum Gasteiger partial charge on any atom is 0.300 e. The Hall–Kier alpha value is -3.78. The topological polar surface area (TPSA) is 179 Å². The number of nitro benzene ring substituents is 2. The molecule has 0 saturated heterocycles. The predicted octanol–water partition coefficient (Wildman–Crippen LogP) is 3.51. The molecule has 0 aromatic heterocycles. The van der Waals surface area contributed by atoms with E-state index in [0.717, 1.165) is 24.3 Å². The maximum absolute atomic E-state index is 11.5. The average Bonchev–Trinajstić information content (AvgIpc) is 2.65. The number of hydrogen-bond acceptors (Lipinski definition) is 8. The SMILES string of the molecule is O=[N+]([O-])c1cc(Cl)ccc1N(CCN(c1ccc(Cl)cc1[N+](=O)[O-])[N+](=O)[O-])[N+](=O)[O-]. The average molecular weight is 461 g/mol. The van der Waals surface area contributed by atoms with Crippen molar-refractivity contribution in [1.82, 2.24) is 0 Å². The molecular weight excluding hydrogens is 451 g/mol. The van der Waals surface area contributed by atoms with Gasteiger partial charge in [0.2, 0.25) is 0 Å². The molecule has 30 heavy (non-hydrogen) atoms. The lowest BCUT2D eigenvalue weighted by Gasteiger charge is -2.18. The third kappa shape index (κ3) is 4.98. The number of halogens is 2. The molecule has 0 atom stereocenters. The summed E-state index contributed by atoms with van der Waals surface area (Å²) in [6, 6.07) is 6.17. The predicted molar refractivity (Wildman–Crippen MR) is 105 cm³/mol. The fourth-order valence-corrected chi connectivity index (χ4v) is 2.82. The highest BCUT2D eigenvalue weighted by Crippen LogP contribution is 2.33. The maximum atomic E-state index is 11.5. The first-order valence-electron chi connectivity index (χ1n) is 7.74. The third-order valence-electron chi connectivity index (χ3n) is 3.74. The quantitative estimate of drug-likeness (QED) is 0.396. The molecule has 0 aliphatic rings. The molecule has 0 radical (unpaired) electrons. The Kier molecular flexibility index (Phi) is 6.86. The van der Waals surface area contributed by atoms with E-state index in [4.69, 9.17) is 23.2 Å². The van der Waals surface area contributed by atoms with Crippen molar-refractivity contribution in [2.45, 2.75) is 0 Å². The van der Waals surface area contributed by atoms with Gasteiger partial charge in [-0.15, -0.1) is 0 Å². The van der Waals surface area contributed by atoms with Gasteiger partial charge in [0.05, 0.1) is 9.85 Å². The van der Waals surface area contributed by atoms with E-state index in [-0.39, 0.29) is 10.0 Å². The molecule has 0 bridgehead atoms. The molecule has 2 aromatic rings. The van der Waals surface area contributed by atoms with E-state index >= 15 is 0 Å². The van der Waals surface area contributed by atoms with E-state index < -0.39 is 55.8 Å². The molecule has 14 nitrogen and oxygen atoms in total. The van der Waals surface area contributed by atoms with Crippen LogP contribution in [0.25, 0.3) is 0 Å². The molecule has 0 aliphatic heterocycles. The summed E-state index contributed by atoms with van der Waals surface area (Å²) < 4.78 is 0. The van der Waals surface area contributed by atoms with Crippen molar-refractivity contribution >= 4 is 46.0 Å². The van der Waals surface area contributed by atoms with Gasteiger partial charge in [0.1, 0.15) is 13.1 Å². The smallest absolute Gasteiger partial charge is 0.258 e. The number of anilines is 2. The molecule has 2 aromatic carbocycles. The van der Waals surface area contributed by atoms with Crippen LogP contribution < -0.4 is 10.0 Å². The van der Waals surface area contributed by atoms with Crippen molar-refractivity contribution in [2.24, 2.45) is 0 Å². The van der Waals surface area contributed by atoms with Gasteiger partial charge < -0.3 is 0 Å². The first-order valence-corrected chi connectivity index (χ1v) is 8.50. The number of hydrazine groups is 2. The standard InChI is InChI=1S/C14H10Cl2N6O8/c15-9-1-3-11(13(7-9)19(23)24)17(21(27)28)5-6-18(22(29)30)12-4-2-10(16)8-14(12)20(25)26/h1-4,7-8H,5-6H2. The number of rotatable bonds is 9. The molecule has 158 valence electrons. The molecule has 0 aliphatic carbocycles. The summed E-state index contributed by atoms with van der Waals surface area (Å²) in [5, 5.41) is 43.9. The number of benzene rings is 2. The second-order valence-electron chi connectivity index (χ2n) is 5.50. The molecule has 0 spiro atoms. The van der Waals surface area contributed by atoms with Gasteiger partial charge in [-0.3, -0.25) is 20.2 Å². The van der Waals surface area contributed by atoms with Crippen molar-refractivity contribution in [3.05, 3.63) is 86.9 Å². The second kappa shape index (κ2) is 9.15. The molecule has 0 N–H and O–H groups in total. The Labute approximate surface area is 176 Å². The van der Waals surface area contributed by atoms with E-state index in [2.05, 4.69) is 0 Å². The summed E-state index contributed by atoms with van der Waals surface area (Å²) in [5.41, 5.74) is -2.32. The minimum Gasteiger partial charge on any atom is -0.258 e. The van der Waals surface area contributed by atoms with Gasteiger partial charge in [0.25, 0.3) is 11.4 Å². The van der Waals surface area contributed by atoms with Crippen molar-refractivity contribution < 1.29 is 19.9 Å². The second-order valence-corrected chi connectivity index (χ2v) is 6.38. The summed E-state index contributed by atoms with van der Waals surface area (Å²) in [6.45, 7) is -1.45. The van der Waals surface area contributed by atoms with Gasteiger partial charge >= 0.3 is 0 Å². The zero-order valence-electron chi connectivity index (χ0n) is 14.6. The largest absolute Gasteiger partial charge is 0.300 e. The van der Waals surface area contributed by atoms with Crippen molar-refractivity contribution in [3.8, 4) is 0 Å². The summed E-state index contributed by atoms with van der Waals surface area (Å²) in [6.07, 6.45) is 0. The normalized spacial score (nSPS) is 10.3. The van der Waals surface area contributed by atoms with Gasteiger partial charge in [-0.05, 0) is 24.3 Å². The van der Waals surface area contributed by atoms with Crippen LogP contribution in [-0.2, 0) is 0 Å². The van der Waals surface area contributed by atoms with Gasteiger partial charge in [-0.2, -0.15) is 0 Å². The minimum atomic E-state index is -0.995. The van der Waals surface area contributed by atoms with E-state index in [1.807, 2.05) is 0 Å². The van der Waals surface area contributed by atoms with Crippen molar-refractivity contribution in [2.75, 3.05) is 23.1 Å². The molecule has 0 heterocycles. The first kappa shape index (κ1) is 22.5. The highest BCUT2D eigenvalue weighted by molar-refractivity contribution is 6.31. The van der Waals surface area contributed by atoms with Crippen molar-refractivity contribution in [1.29, 1.82) is 0 Å². The Morgan fingerprint density at radius 1 is 0.667 bits per heavy atom. The lowest BCUT2D eigenvalue weighted by molar-refractivity contribution is -0.506. The molecular formula is C14H10Cl2N6O8. The molecule has 0 amide bonds. The fourth-order valence-electron chi connectivity index (χ4n) is 2.49. The number of hydrogen-bond donors (Lipinski definition) is 0. The zero-order chi connectivity index (χ0) is 22.6. The van der Waals surface area contributed by atoms with Gasteiger partial charge in [0.15, 0.2) is 21.4 Å². The van der Waals surface area contributed by atoms with Crippen LogP contribution in [0.1, 0.15) is 0 Å². The lowest BCUT2D eigenvalue weighted by atomic mass is 10.2. The molecule has 0 saturated carbocycles. The summed E-state index contributed by atoms with van der Waals surface area (Å²) in [7, 11) is 0. The summed E-state index contributed by atoms with van der Waals surface area (Å²) in [4.78, 5) is 43.6. The van der Waals surface area contributed by atoms with Crippen LogP contribution in [0.2, 0.25) is 10.0 Å². The molecule has 0 fully saturated rings. The Morgan fingerprint density at radius 3 is 1.27 bits per heavy atom.